The van der Waals surface area contributed by atoms with Crippen molar-refractivity contribution >= 4 is 5.97 Å². The lowest BCUT2D eigenvalue weighted by molar-refractivity contribution is -0.146. The number of tetrazole rings is 1. The predicted molar refractivity (Wildman–Crippen MR) is 72.7 cm³/mol. The van der Waals surface area contributed by atoms with Crippen LogP contribution in [-0.4, -0.2) is 51.3 Å². The molecule has 1 aromatic rings. The molecule has 1 fully saturated rings. The lowest BCUT2D eigenvalue weighted by Gasteiger charge is -2.14. The lowest BCUT2D eigenvalue weighted by atomic mass is 9.99. The van der Waals surface area contributed by atoms with Crippen molar-refractivity contribution in [1.82, 2.24) is 25.1 Å². The quantitative estimate of drug-likeness (QED) is 0.715. The second kappa shape index (κ2) is 6.78. The van der Waals surface area contributed by atoms with Crippen LogP contribution in [0.15, 0.2) is 0 Å². The summed E-state index contributed by atoms with van der Waals surface area (Å²) in [7, 11) is 1.45. The fraction of sp³-hybridized carbons (Fsp3) is 0.846. The van der Waals surface area contributed by atoms with Crippen molar-refractivity contribution in [3.8, 4) is 0 Å². The van der Waals surface area contributed by atoms with E-state index in [1.165, 1.54) is 7.11 Å². The van der Waals surface area contributed by atoms with Crippen LogP contribution in [0.4, 0.5) is 0 Å². The Kier molecular flexibility index (Phi) is 5.05. The van der Waals surface area contributed by atoms with E-state index in [4.69, 9.17) is 4.74 Å². The number of unbranched alkanes of at least 4 members (excludes halogenated alkanes) is 1. The van der Waals surface area contributed by atoms with Crippen LogP contribution in [-0.2, 0) is 22.6 Å². The van der Waals surface area contributed by atoms with Gasteiger partial charge in [-0.2, -0.15) is 0 Å². The number of rotatable bonds is 6. The molecule has 0 radical (unpaired) electrons. The Morgan fingerprint density at radius 3 is 2.95 bits per heavy atom. The zero-order valence-electron chi connectivity index (χ0n) is 12.4. The number of carbonyl (C=O) groups is 1. The number of carbonyl (C=O) groups excluding carboxylic acids is 1. The molecule has 0 aliphatic carbocycles. The Balaban J connectivity index is 1.94. The highest BCUT2D eigenvalue weighted by molar-refractivity contribution is 5.73. The zero-order valence-corrected chi connectivity index (χ0v) is 12.4. The molecule has 7 nitrogen and oxygen atoms in total. The van der Waals surface area contributed by atoms with Gasteiger partial charge in [-0.05, 0) is 22.8 Å². The third-order valence-electron chi connectivity index (χ3n) is 3.89. The largest absolute Gasteiger partial charge is 0.469 e. The first-order valence-corrected chi connectivity index (χ1v) is 7.21. The van der Waals surface area contributed by atoms with Gasteiger partial charge in [-0.15, -0.1) is 5.10 Å². The first kappa shape index (κ1) is 14.9. The minimum atomic E-state index is -0.120. The van der Waals surface area contributed by atoms with Crippen molar-refractivity contribution in [2.45, 2.75) is 39.8 Å². The summed E-state index contributed by atoms with van der Waals surface area (Å²) in [4.78, 5) is 13.9. The summed E-state index contributed by atoms with van der Waals surface area (Å²) >= 11 is 0. The molecule has 1 aliphatic heterocycles. The summed E-state index contributed by atoms with van der Waals surface area (Å²) in [5.41, 5.74) is 0. The number of nitrogens with zero attached hydrogens (tertiary/aromatic N) is 5. The van der Waals surface area contributed by atoms with E-state index in [9.17, 15) is 4.79 Å². The summed E-state index contributed by atoms with van der Waals surface area (Å²) in [5, 5.41) is 11.9. The van der Waals surface area contributed by atoms with Gasteiger partial charge in [0.25, 0.3) is 0 Å². The van der Waals surface area contributed by atoms with Gasteiger partial charge in [0.1, 0.15) is 0 Å². The second-order valence-electron chi connectivity index (χ2n) is 5.47. The van der Waals surface area contributed by atoms with Crippen molar-refractivity contribution in [3.05, 3.63) is 5.82 Å². The maximum atomic E-state index is 11.7. The minimum absolute atomic E-state index is 0.0417. The zero-order chi connectivity index (χ0) is 14.5. The highest BCUT2D eigenvalue weighted by Crippen LogP contribution is 2.25. The number of ether oxygens (including phenoxy) is 1. The average molecular weight is 281 g/mol. The fourth-order valence-corrected chi connectivity index (χ4v) is 2.67. The molecular formula is C13H23N5O2. The van der Waals surface area contributed by atoms with Crippen LogP contribution in [0.5, 0.6) is 0 Å². The van der Waals surface area contributed by atoms with Gasteiger partial charge in [0.15, 0.2) is 5.82 Å². The van der Waals surface area contributed by atoms with Gasteiger partial charge in [-0.3, -0.25) is 9.69 Å². The standard InChI is InChI=1S/C13H23N5O2/c1-4-5-6-18-12(14-15-16-18)9-17-7-10(2)11(8-17)13(19)20-3/h10-11H,4-9H2,1-3H3. The van der Waals surface area contributed by atoms with E-state index in [1.807, 2.05) is 4.68 Å². The van der Waals surface area contributed by atoms with E-state index in [0.717, 1.165) is 31.8 Å². The number of hydrogen-bond acceptors (Lipinski definition) is 6. The summed E-state index contributed by atoms with van der Waals surface area (Å²) < 4.78 is 6.71. The van der Waals surface area contributed by atoms with Crippen molar-refractivity contribution in [3.63, 3.8) is 0 Å². The first-order chi connectivity index (χ1) is 9.65. The summed E-state index contributed by atoms with van der Waals surface area (Å²) in [6, 6.07) is 0. The Labute approximate surface area is 119 Å². The SMILES string of the molecule is CCCCn1nnnc1CN1CC(C)C(C(=O)OC)C1. The molecule has 2 heterocycles. The molecule has 0 N–H and O–H groups in total. The Bertz CT molecular complexity index is 448. The maximum absolute atomic E-state index is 11.7. The maximum Gasteiger partial charge on any atom is 0.310 e. The molecule has 2 rings (SSSR count). The Morgan fingerprint density at radius 1 is 1.45 bits per heavy atom. The normalized spacial score (nSPS) is 23.1. The van der Waals surface area contributed by atoms with Crippen molar-refractivity contribution in [1.29, 1.82) is 0 Å². The molecular weight excluding hydrogens is 258 g/mol. The van der Waals surface area contributed by atoms with Gasteiger partial charge < -0.3 is 4.74 Å². The minimum Gasteiger partial charge on any atom is -0.469 e. The van der Waals surface area contributed by atoms with Crippen LogP contribution in [0.1, 0.15) is 32.5 Å². The van der Waals surface area contributed by atoms with Gasteiger partial charge in [0.05, 0.1) is 19.6 Å². The first-order valence-electron chi connectivity index (χ1n) is 7.21. The van der Waals surface area contributed by atoms with Crippen LogP contribution in [0.25, 0.3) is 0 Å². The number of hydrogen-bond donors (Lipinski definition) is 0. The molecule has 0 bridgehead atoms. The number of esters is 1. The molecule has 0 spiro atoms. The topological polar surface area (TPSA) is 73.1 Å². The Hall–Kier alpha value is -1.50. The summed E-state index contributed by atoms with van der Waals surface area (Å²) in [5.74, 6) is 1.02. The highest BCUT2D eigenvalue weighted by Gasteiger charge is 2.35. The van der Waals surface area contributed by atoms with Crippen LogP contribution >= 0.6 is 0 Å². The Morgan fingerprint density at radius 2 is 2.25 bits per heavy atom. The van der Waals surface area contributed by atoms with E-state index >= 15 is 0 Å². The van der Waals surface area contributed by atoms with Gasteiger partial charge in [-0.25, -0.2) is 4.68 Å². The highest BCUT2D eigenvalue weighted by atomic mass is 16.5. The second-order valence-corrected chi connectivity index (χ2v) is 5.47. The number of likely N-dealkylation sites (tertiary alicyclic amines) is 1. The predicted octanol–water partition coefficient (Wildman–Crippen LogP) is 0.714. The van der Waals surface area contributed by atoms with E-state index < -0.39 is 0 Å². The number of aryl methyl sites for hydroxylation is 1. The summed E-state index contributed by atoms with van der Waals surface area (Å²) in [6.07, 6.45) is 2.18. The molecule has 1 aliphatic rings. The molecule has 2 atom stereocenters. The fourth-order valence-electron chi connectivity index (χ4n) is 2.67. The molecule has 112 valence electrons. The van der Waals surface area contributed by atoms with Crippen molar-refractivity contribution in [2.24, 2.45) is 11.8 Å². The van der Waals surface area contributed by atoms with Gasteiger partial charge in [0, 0.05) is 19.6 Å². The van der Waals surface area contributed by atoms with Crippen molar-refractivity contribution in [2.75, 3.05) is 20.2 Å². The molecule has 2 unspecified atom stereocenters. The summed E-state index contributed by atoms with van der Waals surface area (Å²) in [6.45, 7) is 7.36. The third kappa shape index (κ3) is 3.33. The van der Waals surface area contributed by atoms with Gasteiger partial charge in [0.2, 0.25) is 0 Å². The van der Waals surface area contributed by atoms with E-state index in [1.54, 1.807) is 0 Å². The number of methoxy groups -OCH3 is 1. The average Bonchev–Trinajstić information content (AvgIpc) is 3.03. The molecule has 0 saturated carbocycles. The van der Waals surface area contributed by atoms with E-state index in [2.05, 4.69) is 34.3 Å². The molecule has 0 aromatic carbocycles. The van der Waals surface area contributed by atoms with Crippen LogP contribution in [0, 0.1) is 11.8 Å². The third-order valence-corrected chi connectivity index (χ3v) is 3.89. The van der Waals surface area contributed by atoms with Crippen molar-refractivity contribution < 1.29 is 9.53 Å². The molecule has 1 saturated heterocycles. The number of aromatic nitrogens is 4. The monoisotopic (exact) mass is 281 g/mol. The molecule has 1 aromatic heterocycles. The molecule has 20 heavy (non-hydrogen) atoms. The van der Waals surface area contributed by atoms with E-state index in [-0.39, 0.29) is 11.9 Å². The molecule has 7 heteroatoms. The van der Waals surface area contributed by atoms with Gasteiger partial charge >= 0.3 is 5.97 Å². The smallest absolute Gasteiger partial charge is 0.310 e. The van der Waals surface area contributed by atoms with Gasteiger partial charge in [-0.1, -0.05) is 20.3 Å². The van der Waals surface area contributed by atoms with Crippen LogP contribution in [0.2, 0.25) is 0 Å². The lowest BCUT2D eigenvalue weighted by Crippen LogP contribution is -2.25. The molecule has 0 amide bonds. The van der Waals surface area contributed by atoms with E-state index in [0.29, 0.717) is 19.0 Å². The van der Waals surface area contributed by atoms with Crippen LogP contribution < -0.4 is 0 Å². The van der Waals surface area contributed by atoms with Crippen LogP contribution in [0.3, 0.4) is 0 Å².